The van der Waals surface area contributed by atoms with Gasteiger partial charge in [0.2, 0.25) is 5.88 Å². The lowest BCUT2D eigenvalue weighted by molar-refractivity contribution is 0.0694. The molecule has 0 amide bonds. The summed E-state index contributed by atoms with van der Waals surface area (Å²) in [6, 6.07) is 9.94. The summed E-state index contributed by atoms with van der Waals surface area (Å²) in [5, 5.41) is 9.05. The number of rotatable bonds is 3. The molecule has 2 rings (SSSR count). The molecule has 0 fully saturated rings. The third-order valence-electron chi connectivity index (χ3n) is 2.55. The topological polar surface area (TPSA) is 68.5 Å². The molecule has 0 unspecified atom stereocenters. The standard InChI is InChI=1S/C13H10BrNO4/c1-19-12-10(14)7-9(13(17)18)11(16)15(12)8-5-3-2-4-6-8/h2-7H,1H3,(H,17,18). The van der Waals surface area contributed by atoms with Crippen LogP contribution < -0.4 is 10.3 Å². The Bertz CT molecular complexity index is 679. The van der Waals surface area contributed by atoms with E-state index in [1.54, 1.807) is 30.3 Å². The smallest absolute Gasteiger partial charge is 0.341 e. The predicted molar refractivity (Wildman–Crippen MR) is 73.3 cm³/mol. The van der Waals surface area contributed by atoms with Crippen LogP contribution in [0, 0.1) is 0 Å². The number of benzene rings is 1. The molecule has 1 aromatic heterocycles. The first kappa shape index (κ1) is 13.4. The molecule has 0 bridgehead atoms. The van der Waals surface area contributed by atoms with Crippen LogP contribution in [0.4, 0.5) is 0 Å². The molecular formula is C13H10BrNO4. The number of hydrogen-bond acceptors (Lipinski definition) is 3. The van der Waals surface area contributed by atoms with Crippen molar-refractivity contribution < 1.29 is 14.6 Å². The van der Waals surface area contributed by atoms with Crippen LogP contribution in [0.1, 0.15) is 10.4 Å². The first-order chi connectivity index (χ1) is 9.06. The Labute approximate surface area is 117 Å². The van der Waals surface area contributed by atoms with Crippen molar-refractivity contribution in [1.82, 2.24) is 4.57 Å². The predicted octanol–water partition coefficient (Wildman–Crippen LogP) is 2.31. The largest absolute Gasteiger partial charge is 0.481 e. The Kier molecular flexibility index (Phi) is 3.71. The van der Waals surface area contributed by atoms with Gasteiger partial charge in [0.15, 0.2) is 0 Å². The van der Waals surface area contributed by atoms with Crippen molar-refractivity contribution in [3.05, 3.63) is 56.8 Å². The summed E-state index contributed by atoms with van der Waals surface area (Å²) in [6.45, 7) is 0. The summed E-state index contributed by atoms with van der Waals surface area (Å²) >= 11 is 3.21. The van der Waals surface area contributed by atoms with Gasteiger partial charge in [0, 0.05) is 0 Å². The molecule has 0 saturated heterocycles. The molecule has 0 spiro atoms. The summed E-state index contributed by atoms with van der Waals surface area (Å²) in [7, 11) is 1.42. The van der Waals surface area contributed by atoms with Crippen LogP contribution in [0.15, 0.2) is 45.7 Å². The fourth-order valence-corrected chi connectivity index (χ4v) is 2.29. The number of methoxy groups -OCH3 is 1. The van der Waals surface area contributed by atoms with E-state index in [-0.39, 0.29) is 11.4 Å². The molecule has 5 nitrogen and oxygen atoms in total. The number of pyridine rings is 1. The van der Waals surface area contributed by atoms with Crippen LogP contribution in [-0.4, -0.2) is 22.8 Å². The van der Waals surface area contributed by atoms with E-state index in [0.717, 1.165) is 0 Å². The van der Waals surface area contributed by atoms with Crippen molar-refractivity contribution in [2.75, 3.05) is 7.11 Å². The zero-order valence-electron chi connectivity index (χ0n) is 9.96. The van der Waals surface area contributed by atoms with Crippen LogP contribution >= 0.6 is 15.9 Å². The van der Waals surface area contributed by atoms with Gasteiger partial charge in [-0.25, -0.2) is 9.36 Å². The second-order valence-electron chi connectivity index (χ2n) is 3.70. The molecule has 0 aliphatic heterocycles. The molecule has 2 aromatic rings. The van der Waals surface area contributed by atoms with Gasteiger partial charge < -0.3 is 9.84 Å². The van der Waals surface area contributed by atoms with Crippen LogP contribution in [0.3, 0.4) is 0 Å². The lowest BCUT2D eigenvalue weighted by atomic mass is 10.2. The quantitative estimate of drug-likeness (QED) is 0.941. The SMILES string of the molecule is COc1c(Br)cc(C(=O)O)c(=O)n1-c1ccccc1. The molecule has 6 heteroatoms. The molecule has 1 heterocycles. The van der Waals surface area contributed by atoms with Gasteiger partial charge in [0.25, 0.3) is 5.56 Å². The van der Waals surface area contributed by atoms with Crippen molar-refractivity contribution in [3.8, 4) is 11.6 Å². The Morgan fingerprint density at radius 3 is 2.47 bits per heavy atom. The van der Waals surface area contributed by atoms with E-state index in [9.17, 15) is 9.59 Å². The number of hydrogen-bond donors (Lipinski definition) is 1. The van der Waals surface area contributed by atoms with Gasteiger partial charge in [0.1, 0.15) is 5.56 Å². The molecule has 1 N–H and O–H groups in total. The van der Waals surface area contributed by atoms with E-state index in [0.29, 0.717) is 10.2 Å². The van der Waals surface area contributed by atoms with Crippen LogP contribution in [0.2, 0.25) is 0 Å². The fourth-order valence-electron chi connectivity index (χ4n) is 1.72. The van der Waals surface area contributed by atoms with Gasteiger partial charge in [-0.1, -0.05) is 18.2 Å². The number of nitrogens with zero attached hydrogens (tertiary/aromatic N) is 1. The number of ether oxygens (including phenoxy) is 1. The molecule has 0 atom stereocenters. The molecule has 0 aliphatic carbocycles. The maximum absolute atomic E-state index is 12.2. The maximum atomic E-state index is 12.2. The number of carboxylic acid groups (broad SMARTS) is 1. The van der Waals surface area contributed by atoms with Gasteiger partial charge in [-0.2, -0.15) is 0 Å². The van der Waals surface area contributed by atoms with Crippen molar-refractivity contribution in [3.63, 3.8) is 0 Å². The van der Waals surface area contributed by atoms with E-state index in [1.165, 1.54) is 17.7 Å². The van der Waals surface area contributed by atoms with Crippen LogP contribution in [0.5, 0.6) is 5.88 Å². The van der Waals surface area contributed by atoms with Gasteiger partial charge in [0.05, 0.1) is 17.3 Å². The van der Waals surface area contributed by atoms with Crippen molar-refractivity contribution in [1.29, 1.82) is 0 Å². The maximum Gasteiger partial charge on any atom is 0.341 e. The second-order valence-corrected chi connectivity index (χ2v) is 4.55. The molecule has 0 saturated carbocycles. The summed E-state index contributed by atoms with van der Waals surface area (Å²) < 4.78 is 6.78. The molecule has 1 aromatic carbocycles. The summed E-state index contributed by atoms with van der Waals surface area (Å²) in [6.07, 6.45) is 0. The zero-order chi connectivity index (χ0) is 14.0. The van der Waals surface area contributed by atoms with Crippen molar-refractivity contribution in [2.45, 2.75) is 0 Å². The minimum Gasteiger partial charge on any atom is -0.481 e. The summed E-state index contributed by atoms with van der Waals surface area (Å²) in [5.74, 6) is -1.03. The van der Waals surface area contributed by atoms with Crippen LogP contribution in [0.25, 0.3) is 5.69 Å². The Morgan fingerprint density at radius 1 is 1.32 bits per heavy atom. The molecule has 0 radical (unpaired) electrons. The third-order valence-corrected chi connectivity index (χ3v) is 3.12. The Hall–Kier alpha value is -2.08. The monoisotopic (exact) mass is 323 g/mol. The highest BCUT2D eigenvalue weighted by atomic mass is 79.9. The number of aromatic nitrogens is 1. The molecule has 98 valence electrons. The van der Waals surface area contributed by atoms with Crippen molar-refractivity contribution >= 4 is 21.9 Å². The van der Waals surface area contributed by atoms with E-state index >= 15 is 0 Å². The highest BCUT2D eigenvalue weighted by Gasteiger charge is 2.19. The van der Waals surface area contributed by atoms with E-state index in [4.69, 9.17) is 9.84 Å². The summed E-state index contributed by atoms with van der Waals surface area (Å²) in [5.41, 5.74) is -0.427. The number of aromatic carboxylic acids is 1. The summed E-state index contributed by atoms with van der Waals surface area (Å²) in [4.78, 5) is 23.3. The van der Waals surface area contributed by atoms with E-state index < -0.39 is 11.5 Å². The second kappa shape index (κ2) is 5.27. The Morgan fingerprint density at radius 2 is 1.95 bits per heavy atom. The van der Waals surface area contributed by atoms with Crippen LogP contribution in [-0.2, 0) is 0 Å². The average molecular weight is 324 g/mol. The fraction of sp³-hybridized carbons (Fsp3) is 0.0769. The lowest BCUT2D eigenvalue weighted by Gasteiger charge is -2.14. The zero-order valence-corrected chi connectivity index (χ0v) is 11.5. The minimum atomic E-state index is -1.28. The lowest BCUT2D eigenvalue weighted by Crippen LogP contribution is -2.26. The highest BCUT2D eigenvalue weighted by molar-refractivity contribution is 9.10. The van der Waals surface area contributed by atoms with E-state index in [2.05, 4.69) is 15.9 Å². The van der Waals surface area contributed by atoms with Gasteiger partial charge in [-0.15, -0.1) is 0 Å². The van der Waals surface area contributed by atoms with Gasteiger partial charge >= 0.3 is 5.97 Å². The number of para-hydroxylation sites is 1. The minimum absolute atomic E-state index is 0.251. The third kappa shape index (κ3) is 2.39. The number of halogens is 1. The van der Waals surface area contributed by atoms with Gasteiger partial charge in [-0.3, -0.25) is 4.79 Å². The molecule has 19 heavy (non-hydrogen) atoms. The van der Waals surface area contributed by atoms with Crippen molar-refractivity contribution in [2.24, 2.45) is 0 Å². The average Bonchev–Trinajstić information content (AvgIpc) is 2.41. The molecule has 0 aliphatic rings. The van der Waals surface area contributed by atoms with Gasteiger partial charge in [-0.05, 0) is 34.1 Å². The van der Waals surface area contributed by atoms with E-state index in [1.807, 2.05) is 0 Å². The molecular weight excluding hydrogens is 314 g/mol. The Balaban J connectivity index is 2.85. The first-order valence-corrected chi connectivity index (χ1v) is 6.14. The number of carbonyl (C=O) groups is 1. The normalized spacial score (nSPS) is 10.2. The number of carboxylic acids is 1. The first-order valence-electron chi connectivity index (χ1n) is 5.34. The highest BCUT2D eigenvalue weighted by Crippen LogP contribution is 2.26.